The molecule has 0 saturated heterocycles. The van der Waals surface area contributed by atoms with Gasteiger partial charge in [-0.3, -0.25) is 14.9 Å². The maximum Gasteiger partial charge on any atom is 0.315 e. The van der Waals surface area contributed by atoms with E-state index in [0.717, 1.165) is 4.90 Å². The third kappa shape index (κ3) is 2.85. The zero-order chi connectivity index (χ0) is 17.3. The van der Waals surface area contributed by atoms with Gasteiger partial charge in [0.1, 0.15) is 0 Å². The van der Waals surface area contributed by atoms with E-state index in [1.54, 1.807) is 18.2 Å². The lowest BCUT2D eigenvalue weighted by Gasteiger charge is -2.16. The van der Waals surface area contributed by atoms with E-state index in [9.17, 15) is 20.0 Å². The van der Waals surface area contributed by atoms with Crippen molar-refractivity contribution >= 4 is 29.3 Å². The molecule has 2 aromatic carbocycles. The Balaban J connectivity index is 2.05. The fraction of sp³-hybridized carbons (Fsp3) is 0.118. The molecule has 0 unspecified atom stereocenters. The number of Topliss-reactive ketones (excluding diaryl/α,β-unsaturated/α-hetero) is 1. The zero-order valence-electron chi connectivity index (χ0n) is 12.7. The number of carbonyl (C=O) groups is 1. The Hall–Kier alpha value is -2.80. The number of phenols is 1. The number of nitro benzene ring substituents is 1. The first-order valence-electron chi connectivity index (χ1n) is 7.03. The Bertz CT molecular complexity index is 875. The first kappa shape index (κ1) is 16.1. The number of nitrogens with zero attached hydrogens (tertiary/aromatic N) is 1. The van der Waals surface area contributed by atoms with Gasteiger partial charge in [0.05, 0.1) is 12.0 Å². The van der Waals surface area contributed by atoms with E-state index in [1.165, 1.54) is 31.0 Å². The number of carbonyl (C=O) groups excluding carboxylic acids is 1. The highest BCUT2D eigenvalue weighted by atomic mass is 32.2. The van der Waals surface area contributed by atoms with E-state index in [4.69, 9.17) is 4.74 Å². The average molecular weight is 343 g/mol. The van der Waals surface area contributed by atoms with E-state index in [0.29, 0.717) is 22.5 Å². The van der Waals surface area contributed by atoms with Crippen molar-refractivity contribution in [1.82, 2.24) is 0 Å². The molecule has 0 aliphatic carbocycles. The Morgan fingerprint density at radius 2 is 2.08 bits per heavy atom. The number of aromatic hydroxyl groups is 1. The van der Waals surface area contributed by atoms with Crippen molar-refractivity contribution in [2.75, 3.05) is 12.9 Å². The number of benzene rings is 2. The van der Waals surface area contributed by atoms with E-state index in [2.05, 4.69) is 0 Å². The van der Waals surface area contributed by atoms with Crippen molar-refractivity contribution in [3.63, 3.8) is 0 Å². The molecular weight excluding hydrogens is 330 g/mol. The third-order valence-corrected chi connectivity index (χ3v) is 4.76. The highest BCUT2D eigenvalue weighted by molar-refractivity contribution is 7.99. The molecule has 0 radical (unpaired) electrons. The number of phenolic OH excluding ortho intramolecular Hbond substituents is 1. The number of methoxy groups -OCH3 is 1. The summed E-state index contributed by atoms with van der Waals surface area (Å²) in [5, 5.41) is 20.9. The number of thioether (sulfide) groups is 1. The maximum absolute atomic E-state index is 12.6. The van der Waals surface area contributed by atoms with Crippen LogP contribution in [0.3, 0.4) is 0 Å². The summed E-state index contributed by atoms with van der Waals surface area (Å²) in [5.74, 6) is -0.155. The second-order valence-corrected chi connectivity index (χ2v) is 6.15. The maximum atomic E-state index is 12.6. The summed E-state index contributed by atoms with van der Waals surface area (Å²) in [5.41, 5.74) is 1.14. The van der Waals surface area contributed by atoms with Crippen LogP contribution in [0.1, 0.15) is 15.9 Å². The van der Waals surface area contributed by atoms with Crippen LogP contribution in [-0.2, 0) is 0 Å². The molecule has 1 aliphatic heterocycles. The molecule has 3 rings (SSSR count). The lowest BCUT2D eigenvalue weighted by Crippen LogP contribution is -2.12. The van der Waals surface area contributed by atoms with Crippen molar-refractivity contribution in [1.29, 1.82) is 0 Å². The average Bonchev–Trinajstić information content (AvgIpc) is 2.58. The second-order valence-electron chi connectivity index (χ2n) is 5.13. The number of rotatable bonds is 3. The molecule has 6 nitrogen and oxygen atoms in total. The summed E-state index contributed by atoms with van der Waals surface area (Å²) in [6.45, 7) is 0. The Labute approximate surface area is 141 Å². The van der Waals surface area contributed by atoms with Gasteiger partial charge in [-0.1, -0.05) is 12.1 Å². The van der Waals surface area contributed by atoms with Crippen LogP contribution in [0.25, 0.3) is 6.08 Å². The van der Waals surface area contributed by atoms with Crippen molar-refractivity contribution < 1.29 is 19.6 Å². The normalized spacial score (nSPS) is 15.2. The van der Waals surface area contributed by atoms with Crippen molar-refractivity contribution in [2.45, 2.75) is 4.90 Å². The number of fused-ring (bicyclic) bond motifs is 1. The van der Waals surface area contributed by atoms with E-state index >= 15 is 0 Å². The van der Waals surface area contributed by atoms with Crippen molar-refractivity contribution in [3.8, 4) is 11.5 Å². The molecule has 1 N–H and O–H groups in total. The summed E-state index contributed by atoms with van der Waals surface area (Å²) < 4.78 is 4.97. The minimum absolute atomic E-state index is 0.00707. The molecule has 0 fully saturated rings. The van der Waals surface area contributed by atoms with Gasteiger partial charge in [0.2, 0.25) is 5.75 Å². The summed E-state index contributed by atoms with van der Waals surface area (Å²) >= 11 is 1.54. The van der Waals surface area contributed by atoms with Crippen LogP contribution >= 0.6 is 11.8 Å². The minimum Gasteiger partial charge on any atom is -0.500 e. The van der Waals surface area contributed by atoms with Crippen LogP contribution in [0.4, 0.5) is 5.69 Å². The van der Waals surface area contributed by atoms with Crippen LogP contribution in [-0.4, -0.2) is 28.7 Å². The molecule has 0 aromatic heterocycles. The number of hydrogen-bond acceptors (Lipinski definition) is 6. The Kier molecular flexibility index (Phi) is 4.26. The molecular formula is C17H13NO5S. The lowest BCUT2D eigenvalue weighted by molar-refractivity contribution is -0.386. The van der Waals surface area contributed by atoms with Gasteiger partial charge in [0.15, 0.2) is 11.5 Å². The third-order valence-electron chi connectivity index (χ3n) is 3.64. The summed E-state index contributed by atoms with van der Waals surface area (Å²) in [6, 6.07) is 10.0. The minimum atomic E-state index is -0.688. The molecule has 7 heteroatoms. The smallest absolute Gasteiger partial charge is 0.315 e. The zero-order valence-corrected chi connectivity index (χ0v) is 13.5. The van der Waals surface area contributed by atoms with Crippen molar-refractivity contribution in [3.05, 3.63) is 63.2 Å². The van der Waals surface area contributed by atoms with E-state index < -0.39 is 16.4 Å². The van der Waals surface area contributed by atoms with Gasteiger partial charge in [-0.2, -0.15) is 0 Å². The quantitative estimate of drug-likeness (QED) is 0.519. The molecule has 0 spiro atoms. The van der Waals surface area contributed by atoms with Gasteiger partial charge in [-0.25, -0.2) is 0 Å². The van der Waals surface area contributed by atoms with Gasteiger partial charge in [-0.05, 0) is 29.8 Å². The second kappa shape index (κ2) is 6.37. The number of ketones is 1. The number of nitro groups is 1. The van der Waals surface area contributed by atoms with Crippen LogP contribution < -0.4 is 4.74 Å². The lowest BCUT2D eigenvalue weighted by atomic mass is 10.0. The monoisotopic (exact) mass is 343 g/mol. The van der Waals surface area contributed by atoms with Crippen molar-refractivity contribution in [2.24, 2.45) is 0 Å². The predicted octanol–water partition coefficient (Wildman–Crippen LogP) is 3.68. The van der Waals surface area contributed by atoms with Gasteiger partial charge >= 0.3 is 5.69 Å². The number of ether oxygens (including phenoxy) is 1. The molecule has 0 saturated carbocycles. The highest BCUT2D eigenvalue weighted by Gasteiger charge is 2.23. The fourth-order valence-corrected chi connectivity index (χ4v) is 3.49. The Morgan fingerprint density at radius 3 is 2.79 bits per heavy atom. The fourth-order valence-electron chi connectivity index (χ4n) is 2.47. The largest absolute Gasteiger partial charge is 0.500 e. The first-order chi connectivity index (χ1) is 11.5. The summed E-state index contributed by atoms with van der Waals surface area (Å²) in [7, 11) is 1.31. The van der Waals surface area contributed by atoms with Gasteiger partial charge in [0, 0.05) is 27.9 Å². The van der Waals surface area contributed by atoms with Gasteiger partial charge in [0.25, 0.3) is 0 Å². The van der Waals surface area contributed by atoms with Crippen LogP contribution in [0.15, 0.2) is 46.9 Å². The van der Waals surface area contributed by atoms with Gasteiger partial charge in [-0.15, -0.1) is 11.8 Å². The highest BCUT2D eigenvalue weighted by Crippen LogP contribution is 2.38. The molecule has 1 heterocycles. The molecule has 0 amide bonds. The standard InChI is InChI=1S/C17H13NO5S/c1-23-14-8-10(7-13(17(14)20)18(21)22)6-11-9-24-15-5-3-2-4-12(15)16(11)19/h2-8,20H,9H2,1H3/b11-6-. The van der Waals surface area contributed by atoms with Gasteiger partial charge < -0.3 is 9.84 Å². The van der Waals surface area contributed by atoms with Crippen LogP contribution in [0.5, 0.6) is 11.5 Å². The molecule has 0 atom stereocenters. The summed E-state index contributed by atoms with van der Waals surface area (Å²) in [6.07, 6.45) is 1.60. The molecule has 122 valence electrons. The summed E-state index contributed by atoms with van der Waals surface area (Å²) in [4.78, 5) is 23.9. The predicted molar refractivity (Wildman–Crippen MR) is 90.8 cm³/mol. The SMILES string of the molecule is COc1cc(/C=C2/CSc3ccccc3C2=O)cc([N+](=O)[O-])c1O. The Morgan fingerprint density at radius 1 is 1.33 bits per heavy atom. The number of hydrogen-bond donors (Lipinski definition) is 1. The molecule has 2 aromatic rings. The van der Waals surface area contributed by atoms with E-state index in [1.807, 2.05) is 12.1 Å². The molecule has 24 heavy (non-hydrogen) atoms. The topological polar surface area (TPSA) is 89.7 Å². The first-order valence-corrected chi connectivity index (χ1v) is 8.02. The van der Waals surface area contributed by atoms with E-state index in [-0.39, 0.29) is 11.5 Å². The van der Waals surface area contributed by atoms with Crippen LogP contribution in [0, 0.1) is 10.1 Å². The molecule has 1 aliphatic rings. The van der Waals surface area contributed by atoms with Crippen LogP contribution in [0.2, 0.25) is 0 Å². The molecule has 0 bridgehead atoms.